The minimum absolute atomic E-state index is 0.134. The van der Waals surface area contributed by atoms with Crippen molar-refractivity contribution < 1.29 is 9.59 Å². The average molecular weight is 376 g/mol. The molecule has 1 fully saturated rings. The first-order chi connectivity index (χ1) is 13.1. The number of nitrogens with zero attached hydrogens (tertiary/aromatic N) is 1. The second kappa shape index (κ2) is 7.37. The van der Waals surface area contributed by atoms with Crippen molar-refractivity contribution in [2.75, 3.05) is 16.8 Å². The van der Waals surface area contributed by atoms with Gasteiger partial charge in [-0.3, -0.25) is 9.59 Å². The number of anilines is 2. The summed E-state index contributed by atoms with van der Waals surface area (Å²) in [6.07, 6.45) is 1.47. The SMILES string of the molecule is Cc1ccc(-c2ccsc2C(=O)Nc2cccc(N3CCCC3=O)c2)cc1. The van der Waals surface area contributed by atoms with Crippen LogP contribution in [0.15, 0.2) is 60.0 Å². The molecule has 2 amide bonds. The molecule has 136 valence electrons. The molecule has 0 unspecified atom stereocenters. The van der Waals surface area contributed by atoms with E-state index in [4.69, 9.17) is 0 Å². The highest BCUT2D eigenvalue weighted by Gasteiger charge is 2.22. The second-order valence-corrected chi connectivity index (χ2v) is 7.60. The Morgan fingerprint density at radius 1 is 1.11 bits per heavy atom. The number of carbonyl (C=O) groups excluding carboxylic acids is 2. The fraction of sp³-hybridized carbons (Fsp3) is 0.182. The predicted molar refractivity (Wildman–Crippen MR) is 110 cm³/mol. The molecule has 3 aromatic rings. The first-order valence-corrected chi connectivity index (χ1v) is 9.86. The number of rotatable bonds is 4. The highest BCUT2D eigenvalue weighted by Crippen LogP contribution is 2.30. The molecule has 5 heteroatoms. The van der Waals surface area contributed by atoms with Crippen LogP contribution < -0.4 is 10.2 Å². The van der Waals surface area contributed by atoms with Gasteiger partial charge in [-0.25, -0.2) is 0 Å². The molecule has 0 radical (unpaired) electrons. The van der Waals surface area contributed by atoms with E-state index in [1.54, 1.807) is 4.90 Å². The lowest BCUT2D eigenvalue weighted by Crippen LogP contribution is -2.23. The van der Waals surface area contributed by atoms with Gasteiger partial charge in [0.1, 0.15) is 0 Å². The number of amides is 2. The third-order valence-electron chi connectivity index (χ3n) is 4.72. The van der Waals surface area contributed by atoms with Gasteiger partial charge in [0.2, 0.25) is 5.91 Å². The van der Waals surface area contributed by atoms with Gasteiger partial charge in [-0.2, -0.15) is 0 Å². The minimum Gasteiger partial charge on any atom is -0.321 e. The summed E-state index contributed by atoms with van der Waals surface area (Å²) in [6, 6.07) is 17.6. The van der Waals surface area contributed by atoms with Crippen LogP contribution in [0.3, 0.4) is 0 Å². The Labute approximate surface area is 162 Å². The number of aryl methyl sites for hydroxylation is 1. The zero-order valence-corrected chi connectivity index (χ0v) is 15.9. The van der Waals surface area contributed by atoms with Crippen LogP contribution >= 0.6 is 11.3 Å². The standard InChI is InChI=1S/C22H20N2O2S/c1-15-7-9-16(10-8-15)19-11-13-27-21(19)22(26)23-17-4-2-5-18(14-17)24-12-3-6-20(24)25/h2,4-5,7-11,13-14H,3,6,12H2,1H3,(H,23,26). The van der Waals surface area contributed by atoms with Gasteiger partial charge in [-0.1, -0.05) is 35.9 Å². The van der Waals surface area contributed by atoms with Gasteiger partial charge in [0.25, 0.3) is 5.91 Å². The summed E-state index contributed by atoms with van der Waals surface area (Å²) in [6.45, 7) is 2.78. The van der Waals surface area contributed by atoms with Crippen molar-refractivity contribution >= 4 is 34.5 Å². The maximum Gasteiger partial charge on any atom is 0.266 e. The molecule has 2 aromatic carbocycles. The van der Waals surface area contributed by atoms with Gasteiger partial charge in [0.15, 0.2) is 0 Å². The van der Waals surface area contributed by atoms with Crippen molar-refractivity contribution in [3.8, 4) is 11.1 Å². The molecule has 0 atom stereocenters. The number of thiophene rings is 1. The summed E-state index contributed by atoms with van der Waals surface area (Å²) < 4.78 is 0. The van der Waals surface area contributed by atoms with Crippen LogP contribution in [0.5, 0.6) is 0 Å². The van der Waals surface area contributed by atoms with Crippen molar-refractivity contribution in [1.29, 1.82) is 0 Å². The summed E-state index contributed by atoms with van der Waals surface area (Å²) in [4.78, 5) is 27.3. The van der Waals surface area contributed by atoms with Crippen LogP contribution in [-0.4, -0.2) is 18.4 Å². The average Bonchev–Trinajstić information content (AvgIpc) is 3.31. The van der Waals surface area contributed by atoms with Gasteiger partial charge in [-0.15, -0.1) is 11.3 Å². The Hall–Kier alpha value is -2.92. The Bertz CT molecular complexity index is 992. The molecule has 27 heavy (non-hydrogen) atoms. The Morgan fingerprint density at radius 2 is 1.93 bits per heavy atom. The van der Waals surface area contributed by atoms with Crippen LogP contribution in [0.4, 0.5) is 11.4 Å². The van der Waals surface area contributed by atoms with E-state index in [1.165, 1.54) is 16.9 Å². The van der Waals surface area contributed by atoms with E-state index < -0.39 is 0 Å². The second-order valence-electron chi connectivity index (χ2n) is 6.68. The summed E-state index contributed by atoms with van der Waals surface area (Å²) in [5, 5.41) is 4.91. The quantitative estimate of drug-likeness (QED) is 0.688. The van der Waals surface area contributed by atoms with Crippen molar-refractivity contribution in [3.05, 3.63) is 70.4 Å². The highest BCUT2D eigenvalue weighted by molar-refractivity contribution is 7.12. The van der Waals surface area contributed by atoms with E-state index in [2.05, 4.69) is 5.32 Å². The van der Waals surface area contributed by atoms with Gasteiger partial charge in [0, 0.05) is 29.9 Å². The summed E-state index contributed by atoms with van der Waals surface area (Å²) in [7, 11) is 0. The van der Waals surface area contributed by atoms with Crippen molar-refractivity contribution in [3.63, 3.8) is 0 Å². The molecular weight excluding hydrogens is 356 g/mol. The third-order valence-corrected chi connectivity index (χ3v) is 5.64. The summed E-state index contributed by atoms with van der Waals surface area (Å²) in [5.74, 6) is 0.00358. The number of carbonyl (C=O) groups is 2. The normalized spacial score (nSPS) is 13.8. The molecule has 0 saturated carbocycles. The van der Waals surface area contributed by atoms with Crippen molar-refractivity contribution in [2.24, 2.45) is 0 Å². The molecule has 1 aliphatic heterocycles. The molecule has 1 aromatic heterocycles. The Kier molecular flexibility index (Phi) is 4.77. The molecule has 0 spiro atoms. The number of benzene rings is 2. The van der Waals surface area contributed by atoms with Gasteiger partial charge in [-0.05, 0) is 48.6 Å². The highest BCUT2D eigenvalue weighted by atomic mass is 32.1. The van der Waals surface area contributed by atoms with E-state index in [0.717, 1.165) is 29.8 Å². The molecule has 2 heterocycles. The predicted octanol–water partition coefficient (Wildman–Crippen LogP) is 5.10. The Balaban J connectivity index is 1.56. The van der Waals surface area contributed by atoms with Crippen molar-refractivity contribution in [2.45, 2.75) is 19.8 Å². The lowest BCUT2D eigenvalue weighted by atomic mass is 10.0. The van der Waals surface area contributed by atoms with Crippen LogP contribution in [0.25, 0.3) is 11.1 Å². The van der Waals surface area contributed by atoms with Gasteiger partial charge < -0.3 is 10.2 Å². The zero-order valence-electron chi connectivity index (χ0n) is 15.1. The van der Waals surface area contributed by atoms with Crippen molar-refractivity contribution in [1.82, 2.24) is 0 Å². The van der Waals surface area contributed by atoms with Crippen LogP contribution in [-0.2, 0) is 4.79 Å². The molecule has 1 aliphatic rings. The molecule has 1 saturated heterocycles. The van der Waals surface area contributed by atoms with E-state index in [-0.39, 0.29) is 11.8 Å². The maximum atomic E-state index is 12.9. The molecule has 4 nitrogen and oxygen atoms in total. The third kappa shape index (κ3) is 3.64. The Morgan fingerprint density at radius 3 is 2.67 bits per heavy atom. The molecule has 0 bridgehead atoms. The lowest BCUT2D eigenvalue weighted by molar-refractivity contribution is -0.117. The van der Waals surface area contributed by atoms with Crippen LogP contribution in [0.2, 0.25) is 0 Å². The summed E-state index contributed by atoms with van der Waals surface area (Å²) in [5.41, 5.74) is 4.68. The zero-order chi connectivity index (χ0) is 18.8. The molecule has 4 rings (SSSR count). The number of hydrogen-bond acceptors (Lipinski definition) is 3. The molecular formula is C22H20N2O2S. The minimum atomic E-state index is -0.134. The monoisotopic (exact) mass is 376 g/mol. The van der Waals surface area contributed by atoms with Crippen LogP contribution in [0.1, 0.15) is 28.1 Å². The molecule has 0 aliphatic carbocycles. The topological polar surface area (TPSA) is 49.4 Å². The van der Waals surface area contributed by atoms with Crippen LogP contribution in [0, 0.1) is 6.92 Å². The lowest BCUT2D eigenvalue weighted by Gasteiger charge is -2.16. The first-order valence-electron chi connectivity index (χ1n) is 8.98. The largest absolute Gasteiger partial charge is 0.321 e. The fourth-order valence-electron chi connectivity index (χ4n) is 3.31. The van der Waals surface area contributed by atoms with E-state index in [0.29, 0.717) is 17.0 Å². The van der Waals surface area contributed by atoms with Gasteiger partial charge in [0.05, 0.1) is 4.88 Å². The number of nitrogens with one attached hydrogen (secondary N) is 1. The van der Waals surface area contributed by atoms with E-state index >= 15 is 0 Å². The maximum absolute atomic E-state index is 12.9. The smallest absolute Gasteiger partial charge is 0.266 e. The molecule has 1 N–H and O–H groups in total. The fourth-order valence-corrected chi connectivity index (χ4v) is 4.12. The van der Waals surface area contributed by atoms with E-state index in [9.17, 15) is 9.59 Å². The number of hydrogen-bond donors (Lipinski definition) is 1. The first kappa shape index (κ1) is 17.5. The van der Waals surface area contributed by atoms with E-state index in [1.807, 2.05) is 66.9 Å². The van der Waals surface area contributed by atoms with Gasteiger partial charge >= 0.3 is 0 Å². The summed E-state index contributed by atoms with van der Waals surface area (Å²) >= 11 is 1.43.